The third-order valence-electron chi connectivity index (χ3n) is 4.21. The van der Waals surface area contributed by atoms with E-state index in [1.807, 2.05) is 63.5 Å². The van der Waals surface area contributed by atoms with Gasteiger partial charge in [-0.05, 0) is 49.8 Å². The molecule has 0 bridgehead atoms. The number of nitrogens with zero attached hydrogens (tertiary/aromatic N) is 1. The summed E-state index contributed by atoms with van der Waals surface area (Å²) in [4.78, 5) is 14.4. The molecule has 1 atom stereocenters. The summed E-state index contributed by atoms with van der Waals surface area (Å²) in [6.45, 7) is 2.59. The van der Waals surface area contributed by atoms with Crippen LogP contribution in [0.15, 0.2) is 48.5 Å². The number of likely N-dealkylation sites (N-methyl/N-ethyl adjacent to an activating group) is 1. The number of hydrogen-bond donors (Lipinski definition) is 1. The minimum atomic E-state index is 0.0408. The summed E-state index contributed by atoms with van der Waals surface area (Å²) in [5.41, 5.74) is 3.33. The van der Waals surface area contributed by atoms with Gasteiger partial charge in [-0.15, -0.1) is 0 Å². The fraction of sp³-hybridized carbons (Fsp3) is 0.350. The van der Waals surface area contributed by atoms with E-state index in [1.54, 1.807) is 7.11 Å². The minimum absolute atomic E-state index is 0.0408. The highest BCUT2D eigenvalue weighted by atomic mass is 16.5. The van der Waals surface area contributed by atoms with Gasteiger partial charge in [0.15, 0.2) is 0 Å². The molecule has 0 spiro atoms. The number of carbonyl (C=O) groups is 1. The molecule has 128 valence electrons. The number of nitrogens with one attached hydrogen (secondary N) is 1. The van der Waals surface area contributed by atoms with Crippen LogP contribution in [0.3, 0.4) is 0 Å². The second-order valence-electron chi connectivity index (χ2n) is 6.16. The average molecular weight is 326 g/mol. The number of amides is 1. The van der Waals surface area contributed by atoms with E-state index >= 15 is 0 Å². The maximum atomic E-state index is 12.3. The van der Waals surface area contributed by atoms with Crippen molar-refractivity contribution in [2.24, 2.45) is 0 Å². The van der Waals surface area contributed by atoms with Gasteiger partial charge in [0.1, 0.15) is 5.75 Å². The van der Waals surface area contributed by atoms with Crippen LogP contribution in [0.4, 0.5) is 0 Å². The molecule has 0 saturated carbocycles. The maximum absolute atomic E-state index is 12.3. The highest BCUT2D eigenvalue weighted by Crippen LogP contribution is 2.22. The van der Waals surface area contributed by atoms with Gasteiger partial charge in [0.05, 0.1) is 19.6 Å². The van der Waals surface area contributed by atoms with Gasteiger partial charge in [-0.2, -0.15) is 0 Å². The molecule has 0 aromatic heterocycles. The zero-order valence-electron chi connectivity index (χ0n) is 14.9. The van der Waals surface area contributed by atoms with Gasteiger partial charge in [0.2, 0.25) is 5.91 Å². The Balaban J connectivity index is 2.01. The third-order valence-corrected chi connectivity index (χ3v) is 4.21. The molecule has 2 rings (SSSR count). The molecular weight excluding hydrogens is 300 g/mol. The molecule has 0 aliphatic heterocycles. The van der Waals surface area contributed by atoms with Crippen LogP contribution in [-0.2, 0) is 11.2 Å². The first-order chi connectivity index (χ1) is 11.5. The van der Waals surface area contributed by atoms with Gasteiger partial charge in [-0.3, -0.25) is 4.79 Å². The monoisotopic (exact) mass is 326 g/mol. The van der Waals surface area contributed by atoms with E-state index in [9.17, 15) is 4.79 Å². The van der Waals surface area contributed by atoms with Gasteiger partial charge in [-0.25, -0.2) is 0 Å². The lowest BCUT2D eigenvalue weighted by Crippen LogP contribution is -2.35. The number of aryl methyl sites for hydroxylation is 1. The molecule has 24 heavy (non-hydrogen) atoms. The van der Waals surface area contributed by atoms with Crippen LogP contribution in [-0.4, -0.2) is 38.6 Å². The fourth-order valence-corrected chi connectivity index (χ4v) is 2.70. The van der Waals surface area contributed by atoms with Crippen LogP contribution in [0.1, 0.15) is 22.7 Å². The minimum Gasteiger partial charge on any atom is -0.497 e. The summed E-state index contributed by atoms with van der Waals surface area (Å²) in [5.74, 6) is 0.865. The maximum Gasteiger partial charge on any atom is 0.224 e. The molecule has 2 aromatic rings. The lowest BCUT2D eigenvalue weighted by Gasteiger charge is -2.25. The van der Waals surface area contributed by atoms with Crippen molar-refractivity contribution in [3.63, 3.8) is 0 Å². The van der Waals surface area contributed by atoms with Crippen molar-refractivity contribution in [2.45, 2.75) is 19.4 Å². The van der Waals surface area contributed by atoms with E-state index < -0.39 is 0 Å². The van der Waals surface area contributed by atoms with Crippen LogP contribution in [0.2, 0.25) is 0 Å². The van der Waals surface area contributed by atoms with Crippen LogP contribution in [0.25, 0.3) is 0 Å². The molecule has 4 heteroatoms. The van der Waals surface area contributed by atoms with Crippen molar-refractivity contribution in [3.05, 3.63) is 65.2 Å². The van der Waals surface area contributed by atoms with E-state index in [0.29, 0.717) is 13.0 Å². The van der Waals surface area contributed by atoms with E-state index in [1.165, 1.54) is 0 Å². The summed E-state index contributed by atoms with van der Waals surface area (Å²) in [5, 5.41) is 3.05. The standard InChI is InChI=1S/C20H26N2O2/c1-15-8-5-6-9-16(15)13-20(23)21-14-19(22(2)3)17-10-7-11-18(12-17)24-4/h5-12,19H,13-14H2,1-4H3,(H,21,23). The molecule has 0 saturated heterocycles. The molecule has 0 fully saturated rings. The van der Waals surface area contributed by atoms with Gasteiger partial charge in [0, 0.05) is 6.54 Å². The molecule has 0 aliphatic rings. The van der Waals surface area contributed by atoms with E-state index in [4.69, 9.17) is 4.74 Å². The number of ether oxygens (including phenoxy) is 1. The Morgan fingerprint density at radius 3 is 2.58 bits per heavy atom. The molecule has 2 aromatic carbocycles. The zero-order valence-corrected chi connectivity index (χ0v) is 14.9. The van der Waals surface area contributed by atoms with Crippen molar-refractivity contribution in [2.75, 3.05) is 27.7 Å². The second-order valence-corrected chi connectivity index (χ2v) is 6.16. The summed E-state index contributed by atoms with van der Waals surface area (Å²) >= 11 is 0. The Morgan fingerprint density at radius 2 is 1.92 bits per heavy atom. The van der Waals surface area contributed by atoms with E-state index in [-0.39, 0.29) is 11.9 Å². The first-order valence-electron chi connectivity index (χ1n) is 8.13. The average Bonchev–Trinajstić information content (AvgIpc) is 2.57. The summed E-state index contributed by atoms with van der Waals surface area (Å²) in [6.07, 6.45) is 0.408. The highest BCUT2D eigenvalue weighted by molar-refractivity contribution is 5.78. The fourth-order valence-electron chi connectivity index (χ4n) is 2.70. The summed E-state index contributed by atoms with van der Waals surface area (Å²) < 4.78 is 5.30. The topological polar surface area (TPSA) is 41.6 Å². The van der Waals surface area contributed by atoms with Gasteiger partial charge in [-0.1, -0.05) is 36.4 Å². The molecule has 1 N–H and O–H groups in total. The smallest absolute Gasteiger partial charge is 0.224 e. The lowest BCUT2D eigenvalue weighted by molar-refractivity contribution is -0.120. The Hall–Kier alpha value is -2.33. The van der Waals surface area contributed by atoms with Crippen molar-refractivity contribution in [1.82, 2.24) is 10.2 Å². The highest BCUT2D eigenvalue weighted by Gasteiger charge is 2.16. The zero-order chi connectivity index (χ0) is 17.5. The lowest BCUT2D eigenvalue weighted by atomic mass is 10.0. The van der Waals surface area contributed by atoms with E-state index in [0.717, 1.165) is 22.4 Å². The molecule has 4 nitrogen and oxygen atoms in total. The molecule has 0 radical (unpaired) electrons. The molecule has 0 aliphatic carbocycles. The van der Waals surface area contributed by atoms with E-state index in [2.05, 4.69) is 16.3 Å². The third kappa shape index (κ3) is 4.83. The van der Waals surface area contributed by atoms with Crippen molar-refractivity contribution < 1.29 is 9.53 Å². The number of methoxy groups -OCH3 is 1. The van der Waals surface area contributed by atoms with Gasteiger partial charge in [0.25, 0.3) is 0 Å². The van der Waals surface area contributed by atoms with Crippen molar-refractivity contribution >= 4 is 5.91 Å². The Labute approximate surface area is 144 Å². The second kappa shape index (κ2) is 8.50. The predicted octanol–water partition coefficient (Wildman–Crippen LogP) is 2.97. The SMILES string of the molecule is COc1cccc(C(CNC(=O)Cc2ccccc2C)N(C)C)c1. The first kappa shape index (κ1) is 18.0. The number of benzene rings is 2. The Morgan fingerprint density at radius 1 is 1.17 bits per heavy atom. The van der Waals surface area contributed by atoms with Crippen LogP contribution >= 0.6 is 0 Å². The number of rotatable bonds is 7. The van der Waals surface area contributed by atoms with Crippen LogP contribution < -0.4 is 10.1 Å². The molecule has 1 unspecified atom stereocenters. The predicted molar refractivity (Wildman–Crippen MR) is 97.3 cm³/mol. The van der Waals surface area contributed by atoms with Crippen LogP contribution in [0.5, 0.6) is 5.75 Å². The van der Waals surface area contributed by atoms with Gasteiger partial charge >= 0.3 is 0 Å². The molecule has 1 amide bonds. The van der Waals surface area contributed by atoms with Gasteiger partial charge < -0.3 is 15.0 Å². The molecule has 0 heterocycles. The Bertz CT molecular complexity index is 683. The largest absolute Gasteiger partial charge is 0.497 e. The normalized spacial score (nSPS) is 12.0. The van der Waals surface area contributed by atoms with Crippen LogP contribution in [0, 0.1) is 6.92 Å². The summed E-state index contributed by atoms with van der Waals surface area (Å²) in [7, 11) is 5.68. The first-order valence-corrected chi connectivity index (χ1v) is 8.13. The molecular formula is C20H26N2O2. The van der Waals surface area contributed by atoms with Crippen molar-refractivity contribution in [1.29, 1.82) is 0 Å². The number of carbonyl (C=O) groups excluding carboxylic acids is 1. The van der Waals surface area contributed by atoms with Crippen molar-refractivity contribution in [3.8, 4) is 5.75 Å². The summed E-state index contributed by atoms with van der Waals surface area (Å²) in [6, 6.07) is 16.0. The quantitative estimate of drug-likeness (QED) is 0.850. The Kier molecular flexibility index (Phi) is 6.38. The number of hydrogen-bond acceptors (Lipinski definition) is 3.